The van der Waals surface area contributed by atoms with E-state index < -0.39 is 10.0 Å². The number of rotatable bonds is 3. The van der Waals surface area contributed by atoms with Crippen molar-refractivity contribution in [3.63, 3.8) is 0 Å². The average Bonchev–Trinajstić information content (AvgIpc) is 3.03. The van der Waals surface area contributed by atoms with Crippen LogP contribution in [0.3, 0.4) is 0 Å². The number of piperazine rings is 1. The van der Waals surface area contributed by atoms with Crippen molar-refractivity contribution in [2.45, 2.75) is 11.8 Å². The molecule has 0 atom stereocenters. The van der Waals surface area contributed by atoms with Gasteiger partial charge in [0.1, 0.15) is 5.56 Å². The van der Waals surface area contributed by atoms with Gasteiger partial charge in [0.2, 0.25) is 10.0 Å². The Morgan fingerprint density at radius 2 is 1.89 bits per heavy atom. The summed E-state index contributed by atoms with van der Waals surface area (Å²) in [5, 5.41) is 4.69. The van der Waals surface area contributed by atoms with E-state index in [9.17, 15) is 13.2 Å². The monoisotopic (exact) mass is 419 g/mol. The lowest BCUT2D eigenvalue weighted by Crippen LogP contribution is -2.50. The number of carbonyl (C=O) groups excluding carboxylic acids is 1. The molecule has 1 aliphatic rings. The van der Waals surface area contributed by atoms with Crippen molar-refractivity contribution >= 4 is 33.2 Å². The summed E-state index contributed by atoms with van der Waals surface area (Å²) in [4.78, 5) is 19.1. The summed E-state index contributed by atoms with van der Waals surface area (Å²) in [5.41, 5.74) is 1.54. The second-order valence-electron chi connectivity index (χ2n) is 6.50. The molecular weight excluding hydrogens is 402 g/mol. The number of sulfonamides is 1. The number of halogens is 1. The number of benzene rings is 1. The lowest BCUT2D eigenvalue weighted by molar-refractivity contribution is 0.0699. The Labute approximate surface area is 167 Å². The van der Waals surface area contributed by atoms with Gasteiger partial charge in [0.05, 0.1) is 10.6 Å². The van der Waals surface area contributed by atoms with E-state index in [1.54, 1.807) is 46.9 Å². The molecule has 0 bridgehead atoms. The quantitative estimate of drug-likeness (QED) is 0.646. The van der Waals surface area contributed by atoms with Crippen LogP contribution in [0, 0.1) is 6.92 Å². The minimum absolute atomic E-state index is 0.155. The first-order valence-electron chi connectivity index (χ1n) is 8.73. The lowest BCUT2D eigenvalue weighted by Gasteiger charge is -2.34. The van der Waals surface area contributed by atoms with Gasteiger partial charge in [-0.25, -0.2) is 17.9 Å². The summed E-state index contributed by atoms with van der Waals surface area (Å²) < 4.78 is 28.6. The van der Waals surface area contributed by atoms with Gasteiger partial charge in [0, 0.05) is 43.6 Å². The maximum absolute atomic E-state index is 13.0. The third-order valence-corrected chi connectivity index (χ3v) is 6.87. The first-order valence-corrected chi connectivity index (χ1v) is 10.5. The molecule has 10 heteroatoms. The van der Waals surface area contributed by atoms with Crippen LogP contribution >= 0.6 is 11.6 Å². The van der Waals surface area contributed by atoms with Gasteiger partial charge in [-0.3, -0.25) is 4.79 Å². The van der Waals surface area contributed by atoms with Crippen molar-refractivity contribution in [2.24, 2.45) is 0 Å². The van der Waals surface area contributed by atoms with E-state index in [1.807, 2.05) is 0 Å². The van der Waals surface area contributed by atoms with Crippen molar-refractivity contribution in [3.05, 3.63) is 59.0 Å². The number of aryl methyl sites for hydroxylation is 1. The van der Waals surface area contributed by atoms with Crippen LogP contribution in [-0.2, 0) is 10.0 Å². The Balaban J connectivity index is 1.52. The fourth-order valence-corrected chi connectivity index (χ4v) is 5.04. The van der Waals surface area contributed by atoms with Crippen LogP contribution < -0.4 is 0 Å². The molecule has 8 nitrogen and oxygen atoms in total. The average molecular weight is 420 g/mol. The molecular formula is C18H18ClN5O3S. The van der Waals surface area contributed by atoms with Crippen molar-refractivity contribution in [3.8, 4) is 0 Å². The molecule has 1 aromatic carbocycles. The van der Waals surface area contributed by atoms with E-state index in [0.29, 0.717) is 35.0 Å². The molecule has 1 fully saturated rings. The molecule has 0 radical (unpaired) electrons. The molecule has 0 spiro atoms. The van der Waals surface area contributed by atoms with Crippen molar-refractivity contribution in [2.75, 3.05) is 26.2 Å². The van der Waals surface area contributed by atoms with Gasteiger partial charge in [-0.05, 0) is 31.2 Å². The number of aromatic nitrogens is 3. The summed E-state index contributed by atoms with van der Waals surface area (Å²) in [7, 11) is -3.65. The predicted octanol–water partition coefficient (Wildman–Crippen LogP) is 1.84. The number of hydrogen-bond donors (Lipinski definition) is 0. The highest BCUT2D eigenvalue weighted by molar-refractivity contribution is 7.89. The van der Waals surface area contributed by atoms with E-state index in [4.69, 9.17) is 11.6 Å². The molecule has 0 saturated carbocycles. The molecule has 1 saturated heterocycles. The fourth-order valence-electron chi connectivity index (χ4n) is 3.31. The van der Waals surface area contributed by atoms with Gasteiger partial charge in [0.25, 0.3) is 5.91 Å². The molecule has 1 amide bonds. The van der Waals surface area contributed by atoms with E-state index >= 15 is 0 Å². The first kappa shape index (κ1) is 18.9. The van der Waals surface area contributed by atoms with Gasteiger partial charge < -0.3 is 4.90 Å². The molecule has 146 valence electrons. The van der Waals surface area contributed by atoms with Gasteiger partial charge in [-0.15, -0.1) is 0 Å². The Morgan fingerprint density at radius 1 is 1.14 bits per heavy atom. The molecule has 2 aromatic heterocycles. The Hall–Kier alpha value is -2.49. The zero-order valence-electron chi connectivity index (χ0n) is 15.1. The summed E-state index contributed by atoms with van der Waals surface area (Å²) in [6.45, 7) is 2.78. The summed E-state index contributed by atoms with van der Waals surface area (Å²) in [6.07, 6.45) is 3.35. The van der Waals surface area contributed by atoms with Crippen LogP contribution in [-0.4, -0.2) is 64.3 Å². The maximum Gasteiger partial charge on any atom is 0.259 e. The van der Waals surface area contributed by atoms with Crippen molar-refractivity contribution in [1.29, 1.82) is 0 Å². The first-order chi connectivity index (χ1) is 13.4. The highest BCUT2D eigenvalue weighted by Crippen LogP contribution is 2.22. The maximum atomic E-state index is 13.0. The van der Waals surface area contributed by atoms with Gasteiger partial charge >= 0.3 is 0 Å². The third-order valence-electron chi connectivity index (χ3n) is 4.74. The van der Waals surface area contributed by atoms with Crippen LogP contribution in [0.2, 0.25) is 5.02 Å². The largest absolute Gasteiger partial charge is 0.336 e. The lowest BCUT2D eigenvalue weighted by atomic mass is 10.2. The summed E-state index contributed by atoms with van der Waals surface area (Å²) in [5.74, 6) is -0.189. The second-order valence-corrected chi connectivity index (χ2v) is 8.88. The minimum atomic E-state index is -3.65. The van der Waals surface area contributed by atoms with Gasteiger partial charge in [0.15, 0.2) is 5.65 Å². The Morgan fingerprint density at radius 3 is 2.61 bits per heavy atom. The molecule has 0 N–H and O–H groups in total. The summed E-state index contributed by atoms with van der Waals surface area (Å²) in [6, 6.07) is 7.93. The second kappa shape index (κ2) is 7.16. The highest BCUT2D eigenvalue weighted by Gasteiger charge is 2.32. The third kappa shape index (κ3) is 3.25. The van der Waals surface area contributed by atoms with Crippen LogP contribution in [0.1, 0.15) is 16.1 Å². The highest BCUT2D eigenvalue weighted by atomic mass is 35.5. The number of hydrogen-bond acceptors (Lipinski definition) is 5. The Bertz CT molecular complexity index is 1150. The van der Waals surface area contributed by atoms with E-state index in [1.165, 1.54) is 16.4 Å². The number of amides is 1. The molecule has 3 heterocycles. The minimum Gasteiger partial charge on any atom is -0.336 e. The van der Waals surface area contributed by atoms with Gasteiger partial charge in [-0.1, -0.05) is 17.7 Å². The zero-order chi connectivity index (χ0) is 19.9. The van der Waals surface area contributed by atoms with Crippen molar-refractivity contribution < 1.29 is 13.2 Å². The van der Waals surface area contributed by atoms with Crippen LogP contribution in [0.25, 0.3) is 5.65 Å². The number of nitrogens with zero attached hydrogens (tertiary/aromatic N) is 5. The predicted molar refractivity (Wildman–Crippen MR) is 104 cm³/mol. The SMILES string of the molecule is Cc1nn2cccnc2c1C(=O)N1CCN(S(=O)(=O)c2cccc(Cl)c2)CC1. The molecule has 3 aromatic rings. The van der Waals surface area contributed by atoms with E-state index in [-0.39, 0.29) is 23.9 Å². The Kier molecular flexibility index (Phi) is 4.82. The normalized spacial score (nSPS) is 15.9. The molecule has 1 aliphatic heterocycles. The van der Waals surface area contributed by atoms with E-state index in [2.05, 4.69) is 10.1 Å². The van der Waals surface area contributed by atoms with E-state index in [0.717, 1.165) is 0 Å². The van der Waals surface area contributed by atoms with Gasteiger partial charge in [-0.2, -0.15) is 9.40 Å². The fraction of sp³-hybridized carbons (Fsp3) is 0.278. The standard InChI is InChI=1S/C18H18ClN5O3S/c1-13-16(17-20-6-3-7-24(17)21-13)18(25)22-8-10-23(11-9-22)28(26,27)15-5-2-4-14(19)12-15/h2-7,12H,8-11H2,1H3. The topological polar surface area (TPSA) is 87.9 Å². The molecule has 4 rings (SSSR count). The van der Waals surface area contributed by atoms with Crippen LogP contribution in [0.4, 0.5) is 0 Å². The van der Waals surface area contributed by atoms with Crippen LogP contribution in [0.15, 0.2) is 47.6 Å². The number of fused-ring (bicyclic) bond motifs is 1. The summed E-state index contributed by atoms with van der Waals surface area (Å²) >= 11 is 5.92. The van der Waals surface area contributed by atoms with Crippen molar-refractivity contribution in [1.82, 2.24) is 23.8 Å². The molecule has 0 aliphatic carbocycles. The van der Waals surface area contributed by atoms with Crippen LogP contribution in [0.5, 0.6) is 0 Å². The number of carbonyl (C=O) groups is 1. The molecule has 28 heavy (non-hydrogen) atoms. The zero-order valence-corrected chi connectivity index (χ0v) is 16.7. The molecule has 0 unspecified atom stereocenters. The smallest absolute Gasteiger partial charge is 0.259 e.